The molecule has 0 aromatic heterocycles. The molecule has 0 bridgehead atoms. The van der Waals surface area contributed by atoms with E-state index in [0.29, 0.717) is 12.8 Å². The van der Waals surface area contributed by atoms with E-state index >= 15 is 0 Å². The summed E-state index contributed by atoms with van der Waals surface area (Å²) in [7, 11) is -1.31. The summed E-state index contributed by atoms with van der Waals surface area (Å²) >= 11 is 0. The first-order valence-electron chi connectivity index (χ1n) is 6.29. The highest BCUT2D eigenvalue weighted by atomic mass is 28.3. The topological polar surface area (TPSA) is 32.7 Å². The van der Waals surface area contributed by atoms with E-state index < -0.39 is 8.24 Å². The first-order chi connectivity index (χ1) is 7.45. The molecule has 1 heterocycles. The van der Waals surface area contributed by atoms with Crippen LogP contribution in [0.1, 0.15) is 39.5 Å². The molecule has 4 heteroatoms. The first-order valence-corrected chi connectivity index (χ1v) is 9.44. The summed E-state index contributed by atoms with van der Waals surface area (Å²) in [5, 5.41) is 4.67. The van der Waals surface area contributed by atoms with Crippen molar-refractivity contribution in [2.45, 2.75) is 58.7 Å². The average Bonchev–Trinajstić information content (AvgIpc) is 2.21. The molecule has 0 aromatic rings. The van der Waals surface area contributed by atoms with Crippen LogP contribution in [-0.4, -0.2) is 30.9 Å². The van der Waals surface area contributed by atoms with Gasteiger partial charge in [-0.05, 0) is 19.4 Å². The van der Waals surface area contributed by atoms with Gasteiger partial charge in [-0.25, -0.2) is 0 Å². The van der Waals surface area contributed by atoms with Gasteiger partial charge in [-0.2, -0.15) is 5.10 Å². The van der Waals surface area contributed by atoms with E-state index in [0.717, 1.165) is 12.3 Å². The fourth-order valence-corrected chi connectivity index (χ4v) is 4.67. The largest absolute Gasteiger partial charge is 0.324 e. The van der Waals surface area contributed by atoms with Crippen LogP contribution in [0.3, 0.4) is 0 Å². The summed E-state index contributed by atoms with van der Waals surface area (Å²) in [6, 6.07) is 1.32. The molecule has 0 spiro atoms. The molecule has 1 aliphatic heterocycles. The van der Waals surface area contributed by atoms with Gasteiger partial charge in [0.05, 0.1) is 0 Å². The van der Waals surface area contributed by atoms with Gasteiger partial charge < -0.3 is 4.67 Å². The molecule has 1 rings (SSSR count). The number of hydrogen-bond acceptors (Lipinski definition) is 3. The summed E-state index contributed by atoms with van der Waals surface area (Å²) in [5.41, 5.74) is 0.981. The Labute approximate surface area is 100.0 Å². The van der Waals surface area contributed by atoms with Crippen molar-refractivity contribution in [2.75, 3.05) is 6.54 Å². The van der Waals surface area contributed by atoms with Crippen molar-refractivity contribution >= 4 is 19.7 Å². The molecule has 0 unspecified atom stereocenters. The van der Waals surface area contributed by atoms with Crippen molar-refractivity contribution in [3.63, 3.8) is 0 Å². The Morgan fingerprint density at radius 3 is 2.62 bits per heavy atom. The highest BCUT2D eigenvalue weighted by Gasteiger charge is 2.31. The molecular weight excluding hydrogens is 216 g/mol. The van der Waals surface area contributed by atoms with E-state index in [9.17, 15) is 4.79 Å². The molecule has 0 aliphatic carbocycles. The molecule has 1 aliphatic rings. The van der Waals surface area contributed by atoms with Crippen molar-refractivity contribution in [1.82, 2.24) is 4.67 Å². The highest BCUT2D eigenvalue weighted by molar-refractivity contribution is 6.74. The Balaban J connectivity index is 2.62. The molecule has 0 aromatic carbocycles. The van der Waals surface area contributed by atoms with Gasteiger partial charge in [0.2, 0.25) is 0 Å². The lowest BCUT2D eigenvalue weighted by Crippen LogP contribution is -2.48. The maximum Gasteiger partial charge on any atom is 0.172 e. The lowest BCUT2D eigenvalue weighted by Gasteiger charge is -2.39. The number of nitrogens with zero attached hydrogens (tertiary/aromatic N) is 2. The zero-order valence-electron chi connectivity index (χ0n) is 11.0. The molecule has 16 heavy (non-hydrogen) atoms. The van der Waals surface area contributed by atoms with Crippen molar-refractivity contribution in [3.05, 3.63) is 0 Å². The second kappa shape index (κ2) is 5.62. The number of rotatable bonds is 4. The fourth-order valence-electron chi connectivity index (χ4n) is 2.09. The quantitative estimate of drug-likeness (QED) is 0.559. The summed E-state index contributed by atoms with van der Waals surface area (Å²) < 4.78 is 2.30. The third-order valence-corrected chi connectivity index (χ3v) is 6.54. The van der Waals surface area contributed by atoms with E-state index in [1.165, 1.54) is 18.9 Å². The Kier molecular flexibility index (Phi) is 4.71. The fraction of sp³-hybridized carbons (Fsp3) is 0.833. The molecule has 0 atom stereocenters. The maximum absolute atomic E-state index is 11.3. The van der Waals surface area contributed by atoms with E-state index in [1.807, 2.05) is 13.8 Å². The van der Waals surface area contributed by atoms with Crippen molar-refractivity contribution < 1.29 is 4.79 Å². The van der Waals surface area contributed by atoms with Crippen LogP contribution in [0.5, 0.6) is 0 Å². The van der Waals surface area contributed by atoms with Gasteiger partial charge in [0.15, 0.2) is 8.24 Å². The maximum atomic E-state index is 11.3. The van der Waals surface area contributed by atoms with Gasteiger partial charge in [-0.1, -0.05) is 26.4 Å². The van der Waals surface area contributed by atoms with Gasteiger partial charge in [-0.15, -0.1) is 0 Å². The Bertz CT molecular complexity index is 287. The molecule has 1 fully saturated rings. The normalized spacial score (nSPS) is 21.0. The molecule has 3 nitrogen and oxygen atoms in total. The third kappa shape index (κ3) is 3.74. The number of hydrazone groups is 1. The van der Waals surface area contributed by atoms with Gasteiger partial charge in [0.1, 0.15) is 5.78 Å². The Morgan fingerprint density at radius 1 is 1.38 bits per heavy atom. The predicted molar refractivity (Wildman–Crippen MR) is 71.3 cm³/mol. The monoisotopic (exact) mass is 240 g/mol. The minimum absolute atomic E-state index is 0.290. The van der Waals surface area contributed by atoms with E-state index in [2.05, 4.69) is 22.9 Å². The van der Waals surface area contributed by atoms with Gasteiger partial charge in [-0.3, -0.25) is 4.79 Å². The standard InChI is InChI=1S/C12H24N2OSi/c1-5-12(15)10-11(2)13-14-8-6-7-9-16(14,3)4/h5-10H2,1-4H3. The van der Waals surface area contributed by atoms with E-state index in [1.54, 1.807) is 0 Å². The van der Waals surface area contributed by atoms with E-state index in [-0.39, 0.29) is 5.78 Å². The number of hydrogen-bond donors (Lipinski definition) is 0. The van der Waals surface area contributed by atoms with Crippen molar-refractivity contribution in [1.29, 1.82) is 0 Å². The molecule has 1 saturated heterocycles. The SMILES string of the molecule is CCC(=O)CC(C)=NN1CCCC[Si]1(C)C. The van der Waals surface area contributed by atoms with Crippen molar-refractivity contribution in [2.24, 2.45) is 5.10 Å². The average molecular weight is 240 g/mol. The summed E-state index contributed by atoms with van der Waals surface area (Å²) in [6.07, 6.45) is 3.73. The number of ketones is 1. The second-order valence-electron chi connectivity index (χ2n) is 5.30. The van der Waals surface area contributed by atoms with Gasteiger partial charge in [0.25, 0.3) is 0 Å². The van der Waals surface area contributed by atoms with Crippen LogP contribution in [0.2, 0.25) is 19.1 Å². The minimum Gasteiger partial charge on any atom is -0.324 e. The van der Waals surface area contributed by atoms with Crippen LogP contribution >= 0.6 is 0 Å². The zero-order chi connectivity index (χ0) is 12.2. The van der Waals surface area contributed by atoms with Crippen LogP contribution < -0.4 is 0 Å². The molecule has 0 amide bonds. The van der Waals surface area contributed by atoms with Gasteiger partial charge in [0, 0.05) is 25.1 Å². The number of carbonyl (C=O) groups is 1. The van der Waals surface area contributed by atoms with Crippen molar-refractivity contribution in [3.8, 4) is 0 Å². The van der Waals surface area contributed by atoms with E-state index in [4.69, 9.17) is 0 Å². The molecule has 0 radical (unpaired) electrons. The number of Topliss-reactive ketones (excluding diaryl/α,β-unsaturated/α-hetero) is 1. The highest BCUT2D eigenvalue weighted by Crippen LogP contribution is 2.25. The van der Waals surface area contributed by atoms with Crippen LogP contribution in [0, 0.1) is 0 Å². The number of carbonyl (C=O) groups excluding carboxylic acids is 1. The molecule has 0 saturated carbocycles. The minimum atomic E-state index is -1.31. The summed E-state index contributed by atoms with van der Waals surface area (Å²) in [5.74, 6) is 0.290. The molecular formula is C12H24N2OSi. The van der Waals surface area contributed by atoms with Gasteiger partial charge >= 0.3 is 0 Å². The van der Waals surface area contributed by atoms with Crippen LogP contribution in [0.25, 0.3) is 0 Å². The smallest absolute Gasteiger partial charge is 0.172 e. The zero-order valence-corrected chi connectivity index (χ0v) is 12.0. The predicted octanol–water partition coefficient (Wildman–Crippen LogP) is 3.03. The molecule has 92 valence electrons. The molecule has 0 N–H and O–H groups in total. The first kappa shape index (κ1) is 13.4. The summed E-state index contributed by atoms with van der Waals surface area (Å²) in [6.45, 7) is 9.70. The Morgan fingerprint density at radius 2 is 2.06 bits per heavy atom. The lowest BCUT2D eigenvalue weighted by atomic mass is 10.2. The van der Waals surface area contributed by atoms with Crippen LogP contribution in [0.15, 0.2) is 5.10 Å². The van der Waals surface area contributed by atoms with Crippen LogP contribution in [-0.2, 0) is 4.79 Å². The third-order valence-electron chi connectivity index (χ3n) is 3.25. The second-order valence-corrected chi connectivity index (χ2v) is 9.94. The Hall–Kier alpha value is -0.643. The van der Waals surface area contributed by atoms with Crippen LogP contribution in [0.4, 0.5) is 0 Å². The lowest BCUT2D eigenvalue weighted by molar-refractivity contribution is -0.117. The summed E-state index contributed by atoms with van der Waals surface area (Å²) in [4.78, 5) is 11.3.